The summed E-state index contributed by atoms with van der Waals surface area (Å²) < 4.78 is 5.72. The van der Waals surface area contributed by atoms with Gasteiger partial charge in [0, 0.05) is 39.1 Å². The Morgan fingerprint density at radius 2 is 2.07 bits per heavy atom. The summed E-state index contributed by atoms with van der Waals surface area (Å²) in [6.07, 6.45) is 2.45. The van der Waals surface area contributed by atoms with Gasteiger partial charge in [0.15, 0.2) is 5.96 Å². The molecule has 2 N–H and O–H groups in total. The van der Waals surface area contributed by atoms with Crippen LogP contribution in [0.1, 0.15) is 39.2 Å². The van der Waals surface area contributed by atoms with Gasteiger partial charge in [-0.3, -0.25) is 9.79 Å². The van der Waals surface area contributed by atoms with Crippen molar-refractivity contribution in [1.29, 1.82) is 0 Å². The van der Waals surface area contributed by atoms with Crippen molar-refractivity contribution >= 4 is 11.9 Å². The van der Waals surface area contributed by atoms with Crippen LogP contribution >= 0.6 is 0 Å². The van der Waals surface area contributed by atoms with Crippen LogP contribution in [0.4, 0.5) is 0 Å². The van der Waals surface area contributed by atoms with Crippen molar-refractivity contribution in [1.82, 2.24) is 15.5 Å². The number of hydrogen-bond acceptors (Lipinski definition) is 3. The van der Waals surface area contributed by atoms with Crippen molar-refractivity contribution < 1.29 is 9.53 Å². The molecule has 6 heteroatoms. The van der Waals surface area contributed by atoms with Gasteiger partial charge in [-0.05, 0) is 36.5 Å². The minimum atomic E-state index is 0.225. The minimum absolute atomic E-state index is 0.225. The van der Waals surface area contributed by atoms with E-state index in [4.69, 9.17) is 4.74 Å². The van der Waals surface area contributed by atoms with E-state index in [9.17, 15) is 4.79 Å². The van der Waals surface area contributed by atoms with Gasteiger partial charge in [-0.1, -0.05) is 32.9 Å². The first-order valence-electron chi connectivity index (χ1n) is 9.98. The summed E-state index contributed by atoms with van der Waals surface area (Å²) in [6.45, 7) is 9.32. The Hall–Kier alpha value is -2.24. The Morgan fingerprint density at radius 1 is 1.33 bits per heavy atom. The molecule has 27 heavy (non-hydrogen) atoms. The van der Waals surface area contributed by atoms with Crippen LogP contribution in [-0.4, -0.2) is 56.1 Å². The van der Waals surface area contributed by atoms with Gasteiger partial charge in [0.05, 0.1) is 6.61 Å². The summed E-state index contributed by atoms with van der Waals surface area (Å²) in [5, 5.41) is 6.78. The zero-order chi connectivity index (χ0) is 19.6. The van der Waals surface area contributed by atoms with Gasteiger partial charge in [-0.2, -0.15) is 0 Å². The van der Waals surface area contributed by atoms with E-state index < -0.39 is 0 Å². The number of guanidine groups is 1. The quantitative estimate of drug-likeness (QED) is 0.542. The van der Waals surface area contributed by atoms with E-state index in [2.05, 4.69) is 41.6 Å². The van der Waals surface area contributed by atoms with Gasteiger partial charge in [0.25, 0.3) is 0 Å². The highest BCUT2D eigenvalue weighted by Crippen LogP contribution is 2.13. The Bertz CT molecular complexity index is 613. The molecule has 1 aromatic carbocycles. The summed E-state index contributed by atoms with van der Waals surface area (Å²) >= 11 is 0. The minimum Gasteiger partial charge on any atom is -0.493 e. The van der Waals surface area contributed by atoms with Gasteiger partial charge in [-0.25, -0.2) is 0 Å². The van der Waals surface area contributed by atoms with Crippen molar-refractivity contribution in [3.63, 3.8) is 0 Å². The van der Waals surface area contributed by atoms with Gasteiger partial charge in [-0.15, -0.1) is 0 Å². The first-order valence-corrected chi connectivity index (χ1v) is 9.98. The number of nitrogens with one attached hydrogen (secondary N) is 2. The lowest BCUT2D eigenvalue weighted by molar-refractivity contribution is -0.129. The molecule has 1 aliphatic heterocycles. The molecule has 6 nitrogen and oxygen atoms in total. The number of hydrogen-bond donors (Lipinski definition) is 2. The highest BCUT2D eigenvalue weighted by Gasteiger charge is 2.25. The van der Waals surface area contributed by atoms with Crippen molar-refractivity contribution in [2.45, 2.75) is 46.1 Å². The van der Waals surface area contributed by atoms with E-state index in [1.54, 1.807) is 7.05 Å². The Balaban J connectivity index is 1.71. The summed E-state index contributed by atoms with van der Waals surface area (Å²) in [6, 6.07) is 8.55. The third-order valence-corrected chi connectivity index (χ3v) is 4.62. The standard InChI is InChI=1S/C21H34N4O2/c1-5-20(26)25-13-11-18(14-25)24-21(22-4)23-12-10-17-6-8-19(9-7-17)27-15-16(2)3/h6-9,16,18H,5,10-15H2,1-4H3,(H2,22,23,24). The molecule has 1 saturated heterocycles. The average Bonchev–Trinajstić information content (AvgIpc) is 3.14. The Kier molecular flexibility index (Phi) is 8.43. The maximum absolute atomic E-state index is 11.8. The highest BCUT2D eigenvalue weighted by atomic mass is 16.5. The molecule has 1 unspecified atom stereocenters. The zero-order valence-corrected chi connectivity index (χ0v) is 17.1. The molecule has 1 atom stereocenters. The smallest absolute Gasteiger partial charge is 0.222 e. The second-order valence-electron chi connectivity index (χ2n) is 7.42. The third kappa shape index (κ3) is 7.12. The predicted octanol–water partition coefficient (Wildman–Crippen LogP) is 2.44. The van der Waals surface area contributed by atoms with Crippen LogP contribution in [0, 0.1) is 5.92 Å². The number of carbonyl (C=O) groups is 1. The van der Waals surface area contributed by atoms with Crippen LogP contribution in [0.15, 0.2) is 29.3 Å². The van der Waals surface area contributed by atoms with E-state index >= 15 is 0 Å². The number of ether oxygens (including phenoxy) is 1. The molecule has 0 spiro atoms. The Labute approximate surface area is 163 Å². The molecule has 0 aromatic heterocycles. The molecule has 2 rings (SSSR count). The molecule has 0 bridgehead atoms. The van der Waals surface area contributed by atoms with E-state index in [0.29, 0.717) is 12.3 Å². The van der Waals surface area contributed by atoms with Crippen LogP contribution in [0.2, 0.25) is 0 Å². The molecule has 1 aromatic rings. The largest absolute Gasteiger partial charge is 0.493 e. The molecule has 0 saturated carbocycles. The predicted molar refractivity (Wildman–Crippen MR) is 110 cm³/mol. The highest BCUT2D eigenvalue weighted by molar-refractivity contribution is 5.80. The normalized spacial score (nSPS) is 17.3. The fraction of sp³-hybridized carbons (Fsp3) is 0.619. The van der Waals surface area contributed by atoms with Gasteiger partial charge in [0.1, 0.15) is 5.75 Å². The molecule has 0 radical (unpaired) electrons. The molecule has 1 amide bonds. The van der Waals surface area contributed by atoms with Crippen molar-refractivity contribution in [3.8, 4) is 5.75 Å². The lowest BCUT2D eigenvalue weighted by Gasteiger charge is -2.18. The van der Waals surface area contributed by atoms with E-state index in [1.807, 2.05) is 24.0 Å². The molecule has 0 aliphatic carbocycles. The molecular formula is C21H34N4O2. The maximum Gasteiger partial charge on any atom is 0.222 e. The number of aliphatic imine (C=N–C) groups is 1. The van der Waals surface area contributed by atoms with Crippen LogP contribution in [0.25, 0.3) is 0 Å². The second kappa shape index (κ2) is 10.8. The SMILES string of the molecule is CCC(=O)N1CCC(NC(=NC)NCCc2ccc(OCC(C)C)cc2)C1. The van der Waals surface area contributed by atoms with E-state index in [1.165, 1.54) is 5.56 Å². The van der Waals surface area contributed by atoms with Crippen molar-refractivity contribution in [3.05, 3.63) is 29.8 Å². The number of benzene rings is 1. The number of rotatable bonds is 8. The monoisotopic (exact) mass is 374 g/mol. The first-order chi connectivity index (χ1) is 13.0. The van der Waals surface area contributed by atoms with Crippen LogP contribution in [-0.2, 0) is 11.2 Å². The fourth-order valence-corrected chi connectivity index (χ4v) is 3.06. The van der Waals surface area contributed by atoms with E-state index in [-0.39, 0.29) is 11.9 Å². The van der Waals surface area contributed by atoms with Gasteiger partial charge >= 0.3 is 0 Å². The topological polar surface area (TPSA) is 66.0 Å². The molecule has 1 fully saturated rings. The first kappa shape index (κ1) is 21.1. The third-order valence-electron chi connectivity index (χ3n) is 4.62. The molecule has 1 aliphatic rings. The van der Waals surface area contributed by atoms with Gasteiger partial charge in [0.2, 0.25) is 5.91 Å². The number of likely N-dealkylation sites (tertiary alicyclic amines) is 1. The molecule has 1 heterocycles. The molecular weight excluding hydrogens is 340 g/mol. The summed E-state index contributed by atoms with van der Waals surface area (Å²) in [7, 11) is 1.78. The van der Waals surface area contributed by atoms with Crippen LogP contribution in [0.3, 0.4) is 0 Å². The van der Waals surface area contributed by atoms with Gasteiger partial charge < -0.3 is 20.3 Å². The second-order valence-corrected chi connectivity index (χ2v) is 7.42. The van der Waals surface area contributed by atoms with Crippen LogP contribution in [0.5, 0.6) is 5.75 Å². The molecule has 150 valence electrons. The van der Waals surface area contributed by atoms with Crippen LogP contribution < -0.4 is 15.4 Å². The summed E-state index contributed by atoms with van der Waals surface area (Å²) in [5.41, 5.74) is 1.26. The zero-order valence-electron chi connectivity index (χ0n) is 17.1. The Morgan fingerprint density at radius 3 is 2.70 bits per heavy atom. The maximum atomic E-state index is 11.8. The number of amides is 1. The number of nitrogens with zero attached hydrogens (tertiary/aromatic N) is 2. The number of carbonyl (C=O) groups excluding carboxylic acids is 1. The lowest BCUT2D eigenvalue weighted by atomic mass is 10.1. The van der Waals surface area contributed by atoms with E-state index in [0.717, 1.165) is 50.8 Å². The van der Waals surface area contributed by atoms with Crippen molar-refractivity contribution in [2.75, 3.05) is 33.3 Å². The lowest BCUT2D eigenvalue weighted by Crippen LogP contribution is -2.45. The fourth-order valence-electron chi connectivity index (χ4n) is 3.06. The summed E-state index contributed by atoms with van der Waals surface area (Å²) in [5.74, 6) is 2.47. The average molecular weight is 375 g/mol. The summed E-state index contributed by atoms with van der Waals surface area (Å²) in [4.78, 5) is 18.0. The van der Waals surface area contributed by atoms with Crippen molar-refractivity contribution in [2.24, 2.45) is 10.9 Å².